The smallest absolute Gasteiger partial charge is 0.224 e. The lowest BCUT2D eigenvalue weighted by molar-refractivity contribution is -0.120. The minimum Gasteiger partial charge on any atom is -0.356 e. The van der Waals surface area contributed by atoms with Crippen molar-refractivity contribution in [3.63, 3.8) is 0 Å². The minimum atomic E-state index is 0.0537. The van der Waals surface area contributed by atoms with Crippen LogP contribution in [0.25, 0.3) is 11.0 Å². The summed E-state index contributed by atoms with van der Waals surface area (Å²) in [7, 11) is 0. The van der Waals surface area contributed by atoms with Gasteiger partial charge < -0.3 is 9.88 Å². The number of unbranched alkanes of at least 4 members (excludes halogenated alkanes) is 2. The highest BCUT2D eigenvalue weighted by Gasteiger charge is 2.13. The number of imidazole rings is 1. The Bertz CT molecular complexity index is 1280. The number of nitrogens with one attached hydrogen (secondary N) is 1. The molecule has 5 heteroatoms. The van der Waals surface area contributed by atoms with Gasteiger partial charge in [-0.1, -0.05) is 60.0 Å². The molecule has 0 atom stereocenters. The number of rotatable bonds is 10. The lowest BCUT2D eigenvalue weighted by Gasteiger charge is -2.15. The number of nitrogens with zero attached hydrogens (tertiary/aromatic N) is 2. The number of hydrogen-bond acceptors (Lipinski definition) is 2. The summed E-state index contributed by atoms with van der Waals surface area (Å²) in [5.74, 6) is 1.19. The first-order valence-corrected chi connectivity index (χ1v) is 12.8. The van der Waals surface area contributed by atoms with E-state index in [1.165, 1.54) is 27.8 Å². The highest BCUT2D eigenvalue weighted by molar-refractivity contribution is 6.30. The lowest BCUT2D eigenvalue weighted by Crippen LogP contribution is -2.26. The second-order valence-corrected chi connectivity index (χ2v) is 9.88. The van der Waals surface area contributed by atoms with Crippen molar-refractivity contribution in [1.29, 1.82) is 0 Å². The minimum absolute atomic E-state index is 0.0537. The van der Waals surface area contributed by atoms with Gasteiger partial charge in [0, 0.05) is 24.5 Å². The Kier molecular flexibility index (Phi) is 8.25. The van der Waals surface area contributed by atoms with Gasteiger partial charge in [-0.25, -0.2) is 4.98 Å². The number of hydrogen-bond donors (Lipinski definition) is 1. The van der Waals surface area contributed by atoms with Crippen LogP contribution < -0.4 is 5.32 Å². The van der Waals surface area contributed by atoms with Crippen LogP contribution in [-0.4, -0.2) is 22.0 Å². The molecule has 35 heavy (non-hydrogen) atoms. The van der Waals surface area contributed by atoms with Crippen LogP contribution in [0.5, 0.6) is 0 Å². The molecule has 0 aliphatic heterocycles. The van der Waals surface area contributed by atoms with E-state index in [4.69, 9.17) is 16.6 Å². The number of benzene rings is 3. The van der Waals surface area contributed by atoms with E-state index >= 15 is 0 Å². The Morgan fingerprint density at radius 2 is 1.66 bits per heavy atom. The molecule has 0 fully saturated rings. The molecule has 4 rings (SSSR count). The van der Waals surface area contributed by atoms with Crippen LogP contribution in [0.4, 0.5) is 0 Å². The monoisotopic (exact) mass is 487 g/mol. The molecular weight excluding hydrogens is 454 g/mol. The van der Waals surface area contributed by atoms with Gasteiger partial charge in [0.25, 0.3) is 0 Å². The van der Waals surface area contributed by atoms with Crippen molar-refractivity contribution in [1.82, 2.24) is 14.9 Å². The molecule has 1 amide bonds. The van der Waals surface area contributed by atoms with Crippen molar-refractivity contribution >= 4 is 28.5 Å². The van der Waals surface area contributed by atoms with Crippen molar-refractivity contribution in [2.45, 2.75) is 59.4 Å². The Morgan fingerprint density at radius 3 is 2.40 bits per heavy atom. The van der Waals surface area contributed by atoms with Gasteiger partial charge >= 0.3 is 0 Å². The van der Waals surface area contributed by atoms with Crippen LogP contribution in [0, 0.1) is 20.8 Å². The molecule has 0 spiro atoms. The van der Waals surface area contributed by atoms with Gasteiger partial charge in [-0.3, -0.25) is 4.79 Å². The zero-order valence-corrected chi connectivity index (χ0v) is 21.7. The number of carbonyl (C=O) groups excluding carboxylic acids is 1. The third kappa shape index (κ3) is 6.52. The number of aryl methyl sites for hydroxylation is 4. The fraction of sp³-hybridized carbons (Fsp3) is 0.333. The van der Waals surface area contributed by atoms with E-state index in [0.717, 1.165) is 49.1 Å². The summed E-state index contributed by atoms with van der Waals surface area (Å²) in [4.78, 5) is 17.2. The lowest BCUT2D eigenvalue weighted by atomic mass is 9.99. The predicted molar refractivity (Wildman–Crippen MR) is 145 cm³/mol. The van der Waals surface area contributed by atoms with E-state index in [-0.39, 0.29) is 5.91 Å². The number of amides is 1. The van der Waals surface area contributed by atoms with Crippen molar-refractivity contribution in [2.24, 2.45) is 0 Å². The standard InChI is InChI=1S/C30H34ClN3O/c1-21-17-22(2)26(23(3)18-21)20-34-28-10-7-6-9-27(28)33-29(34)11-5-4-8-16-32-30(35)19-24-12-14-25(31)15-13-24/h6-7,9-10,12-15,17-18H,4-5,8,11,16,19-20H2,1-3H3,(H,32,35). The Morgan fingerprint density at radius 1 is 0.943 bits per heavy atom. The fourth-order valence-corrected chi connectivity index (χ4v) is 4.90. The molecule has 0 saturated heterocycles. The summed E-state index contributed by atoms with van der Waals surface area (Å²) >= 11 is 5.91. The van der Waals surface area contributed by atoms with Gasteiger partial charge in [-0.2, -0.15) is 0 Å². The molecule has 0 aliphatic rings. The average molecular weight is 488 g/mol. The molecule has 0 aliphatic carbocycles. The first-order chi connectivity index (χ1) is 16.9. The number of carbonyl (C=O) groups is 1. The molecule has 0 unspecified atom stereocenters. The summed E-state index contributed by atoms with van der Waals surface area (Å²) < 4.78 is 2.38. The van der Waals surface area contributed by atoms with E-state index in [2.05, 4.69) is 67.1 Å². The fourth-order valence-electron chi connectivity index (χ4n) is 4.77. The molecule has 4 nitrogen and oxygen atoms in total. The molecule has 0 radical (unpaired) electrons. The van der Waals surface area contributed by atoms with Crippen LogP contribution >= 0.6 is 11.6 Å². The van der Waals surface area contributed by atoms with Crippen molar-refractivity contribution < 1.29 is 4.79 Å². The maximum absolute atomic E-state index is 12.2. The summed E-state index contributed by atoms with van der Waals surface area (Å²) in [6, 6.07) is 20.4. The SMILES string of the molecule is Cc1cc(C)c(Cn2c(CCCCCNC(=O)Cc3ccc(Cl)cc3)nc3ccccc32)c(C)c1. The molecule has 1 heterocycles. The predicted octanol–water partition coefficient (Wildman–Crippen LogP) is 6.73. The summed E-state index contributed by atoms with van der Waals surface area (Å²) in [6.45, 7) is 8.10. The maximum atomic E-state index is 12.2. The van der Waals surface area contributed by atoms with Crippen molar-refractivity contribution in [3.8, 4) is 0 Å². The van der Waals surface area contributed by atoms with E-state index in [1.54, 1.807) is 0 Å². The molecule has 0 bridgehead atoms. The van der Waals surface area contributed by atoms with Gasteiger partial charge in [0.15, 0.2) is 0 Å². The molecule has 1 aromatic heterocycles. The van der Waals surface area contributed by atoms with Crippen LogP contribution in [-0.2, 0) is 24.2 Å². The van der Waals surface area contributed by atoms with E-state index < -0.39 is 0 Å². The average Bonchev–Trinajstić information content (AvgIpc) is 3.17. The zero-order valence-electron chi connectivity index (χ0n) is 20.9. The van der Waals surface area contributed by atoms with Crippen LogP contribution in [0.3, 0.4) is 0 Å². The number of halogens is 1. The highest BCUT2D eigenvalue weighted by atomic mass is 35.5. The van der Waals surface area contributed by atoms with E-state index in [1.807, 2.05) is 24.3 Å². The molecule has 1 N–H and O–H groups in total. The van der Waals surface area contributed by atoms with E-state index in [0.29, 0.717) is 18.0 Å². The third-order valence-electron chi connectivity index (χ3n) is 6.57. The molecule has 0 saturated carbocycles. The van der Waals surface area contributed by atoms with Crippen molar-refractivity contribution in [3.05, 3.63) is 99.3 Å². The van der Waals surface area contributed by atoms with Gasteiger partial charge in [-0.05, 0) is 80.1 Å². The Hall–Kier alpha value is -3.11. The normalized spacial score (nSPS) is 11.2. The quantitative estimate of drug-likeness (QED) is 0.252. The van der Waals surface area contributed by atoms with E-state index in [9.17, 15) is 4.79 Å². The first kappa shape index (κ1) is 25.0. The first-order valence-electron chi connectivity index (χ1n) is 12.4. The largest absolute Gasteiger partial charge is 0.356 e. The molecular formula is C30H34ClN3O. The summed E-state index contributed by atoms with van der Waals surface area (Å²) in [5, 5.41) is 3.72. The number of para-hydroxylation sites is 2. The number of aromatic nitrogens is 2. The highest BCUT2D eigenvalue weighted by Crippen LogP contribution is 2.23. The maximum Gasteiger partial charge on any atom is 0.224 e. The molecule has 4 aromatic rings. The van der Waals surface area contributed by atoms with Gasteiger partial charge in [-0.15, -0.1) is 0 Å². The van der Waals surface area contributed by atoms with Crippen LogP contribution in [0.2, 0.25) is 5.02 Å². The van der Waals surface area contributed by atoms with Crippen LogP contribution in [0.1, 0.15) is 52.9 Å². The third-order valence-corrected chi connectivity index (χ3v) is 6.82. The van der Waals surface area contributed by atoms with Gasteiger partial charge in [0.1, 0.15) is 5.82 Å². The number of fused-ring (bicyclic) bond motifs is 1. The molecule has 3 aromatic carbocycles. The molecule has 182 valence electrons. The second kappa shape index (κ2) is 11.5. The van der Waals surface area contributed by atoms with Crippen molar-refractivity contribution in [2.75, 3.05) is 6.54 Å². The Balaban J connectivity index is 1.32. The van der Waals surface area contributed by atoms with Gasteiger partial charge in [0.05, 0.1) is 17.5 Å². The second-order valence-electron chi connectivity index (χ2n) is 9.44. The Labute approximate surface area is 213 Å². The summed E-state index contributed by atoms with van der Waals surface area (Å²) in [6.07, 6.45) is 4.37. The topological polar surface area (TPSA) is 46.9 Å². The summed E-state index contributed by atoms with van der Waals surface area (Å²) in [5.41, 5.74) is 8.57. The van der Waals surface area contributed by atoms with Crippen LogP contribution in [0.15, 0.2) is 60.7 Å². The van der Waals surface area contributed by atoms with Gasteiger partial charge in [0.2, 0.25) is 5.91 Å². The zero-order chi connectivity index (χ0) is 24.8.